The van der Waals surface area contributed by atoms with Gasteiger partial charge in [-0.15, -0.1) is 0 Å². The lowest BCUT2D eigenvalue weighted by Gasteiger charge is -2.10. The largest absolute Gasteiger partial charge is 0.338 e. The van der Waals surface area contributed by atoms with Gasteiger partial charge in [-0.3, -0.25) is 0 Å². The topological polar surface area (TPSA) is 49.8 Å². The van der Waals surface area contributed by atoms with Crippen molar-refractivity contribution in [3.8, 4) is 0 Å². The van der Waals surface area contributed by atoms with Crippen LogP contribution in [0.2, 0.25) is 10.0 Å². The second-order valence-electron chi connectivity index (χ2n) is 4.90. The van der Waals surface area contributed by atoms with Gasteiger partial charge in [0.2, 0.25) is 5.95 Å². The van der Waals surface area contributed by atoms with Crippen LogP contribution >= 0.6 is 55.1 Å². The number of hydrogen-bond donors (Lipinski definition) is 2. The number of rotatable bonds is 4. The molecule has 0 aliphatic carbocycles. The van der Waals surface area contributed by atoms with Crippen LogP contribution in [0.15, 0.2) is 51.5 Å². The lowest BCUT2D eigenvalue weighted by atomic mass is 10.3. The maximum absolute atomic E-state index is 14.0. The van der Waals surface area contributed by atoms with Crippen LogP contribution in [0.3, 0.4) is 0 Å². The van der Waals surface area contributed by atoms with Gasteiger partial charge in [0, 0.05) is 20.3 Å². The molecule has 0 unspecified atom stereocenters. The summed E-state index contributed by atoms with van der Waals surface area (Å²) in [6.45, 7) is 0. The van der Waals surface area contributed by atoms with E-state index in [9.17, 15) is 4.39 Å². The summed E-state index contributed by atoms with van der Waals surface area (Å²) < 4.78 is 15.5. The zero-order valence-electron chi connectivity index (χ0n) is 12.3. The number of nitrogens with one attached hydrogen (secondary N) is 2. The van der Waals surface area contributed by atoms with Crippen molar-refractivity contribution in [3.63, 3.8) is 0 Å². The van der Waals surface area contributed by atoms with E-state index in [1.54, 1.807) is 36.4 Å². The van der Waals surface area contributed by atoms with E-state index >= 15 is 0 Å². The van der Waals surface area contributed by atoms with Gasteiger partial charge in [-0.05, 0) is 68.3 Å². The van der Waals surface area contributed by atoms with E-state index in [1.807, 2.05) is 0 Å². The summed E-state index contributed by atoms with van der Waals surface area (Å²) in [7, 11) is 0. The minimum absolute atomic E-state index is 0.0269. The molecule has 0 atom stereocenters. The summed E-state index contributed by atoms with van der Waals surface area (Å²) in [5.41, 5.74) is 1.28. The number of benzene rings is 2. The maximum atomic E-state index is 14.0. The first-order valence-corrected chi connectivity index (χ1v) is 9.23. The van der Waals surface area contributed by atoms with E-state index in [2.05, 4.69) is 52.5 Å². The third-order valence-electron chi connectivity index (χ3n) is 3.10. The van der Waals surface area contributed by atoms with Crippen molar-refractivity contribution in [2.45, 2.75) is 0 Å². The smallest absolute Gasteiger partial charge is 0.229 e. The lowest BCUT2D eigenvalue weighted by molar-refractivity contribution is 0.619. The summed E-state index contributed by atoms with van der Waals surface area (Å²) in [5.74, 6) is -0.331. The molecule has 3 rings (SSSR count). The number of halogens is 5. The molecule has 0 bridgehead atoms. The minimum Gasteiger partial charge on any atom is -0.338 e. The number of aromatic nitrogens is 2. The molecule has 4 nitrogen and oxygen atoms in total. The molecule has 0 radical (unpaired) electrons. The van der Waals surface area contributed by atoms with Gasteiger partial charge < -0.3 is 10.6 Å². The van der Waals surface area contributed by atoms with Crippen LogP contribution in [-0.4, -0.2) is 9.97 Å². The number of hydrogen-bond acceptors (Lipinski definition) is 4. The Morgan fingerprint density at radius 1 is 0.880 bits per heavy atom. The van der Waals surface area contributed by atoms with Crippen molar-refractivity contribution >= 4 is 78.2 Å². The molecule has 0 amide bonds. The van der Waals surface area contributed by atoms with Crippen LogP contribution in [0.1, 0.15) is 0 Å². The first kappa shape index (κ1) is 18.4. The Bertz CT molecular complexity index is 940. The van der Waals surface area contributed by atoms with Gasteiger partial charge in [-0.25, -0.2) is 9.37 Å². The molecule has 0 saturated heterocycles. The molecule has 25 heavy (non-hydrogen) atoms. The Morgan fingerprint density at radius 3 is 2.00 bits per heavy atom. The summed E-state index contributed by atoms with van der Waals surface area (Å²) >= 11 is 18.7. The maximum Gasteiger partial charge on any atom is 0.229 e. The quantitative estimate of drug-likeness (QED) is 0.402. The van der Waals surface area contributed by atoms with E-state index in [4.69, 9.17) is 23.2 Å². The van der Waals surface area contributed by atoms with Gasteiger partial charge in [0.25, 0.3) is 0 Å². The average Bonchev–Trinajstić information content (AvgIpc) is 2.57. The Hall–Kier alpha value is -1.41. The van der Waals surface area contributed by atoms with Gasteiger partial charge in [0.05, 0.1) is 16.2 Å². The summed E-state index contributed by atoms with van der Waals surface area (Å²) in [4.78, 5) is 8.08. The summed E-state index contributed by atoms with van der Waals surface area (Å²) in [5, 5.41) is 6.90. The van der Waals surface area contributed by atoms with Gasteiger partial charge in [0.15, 0.2) is 11.6 Å². The van der Waals surface area contributed by atoms with E-state index in [0.717, 1.165) is 15.1 Å². The molecule has 128 valence electrons. The van der Waals surface area contributed by atoms with E-state index in [-0.39, 0.29) is 11.8 Å². The molecule has 0 aliphatic heterocycles. The highest BCUT2D eigenvalue weighted by Crippen LogP contribution is 2.29. The van der Waals surface area contributed by atoms with Crippen molar-refractivity contribution in [2.75, 3.05) is 10.6 Å². The van der Waals surface area contributed by atoms with Gasteiger partial charge >= 0.3 is 0 Å². The van der Waals surface area contributed by atoms with Crippen LogP contribution in [0.4, 0.5) is 27.5 Å². The van der Waals surface area contributed by atoms with Gasteiger partial charge in [-0.2, -0.15) is 4.98 Å². The molecule has 0 fully saturated rings. The van der Waals surface area contributed by atoms with E-state index < -0.39 is 5.82 Å². The lowest BCUT2D eigenvalue weighted by Crippen LogP contribution is -2.03. The zero-order chi connectivity index (χ0) is 18.0. The van der Waals surface area contributed by atoms with Crippen LogP contribution in [0, 0.1) is 5.82 Å². The average molecular weight is 507 g/mol. The monoisotopic (exact) mass is 504 g/mol. The standard InChI is InChI=1S/C16H9Br2Cl2FN4/c17-10-3-1-8(5-12(10)19)23-15-14(21)7-22-16(25-15)24-9-2-4-11(18)13(20)6-9/h1-7H,(H2,22,23,24,25). The Labute approximate surface area is 170 Å². The highest BCUT2D eigenvalue weighted by molar-refractivity contribution is 9.10. The molecule has 0 saturated carbocycles. The fraction of sp³-hybridized carbons (Fsp3) is 0. The zero-order valence-corrected chi connectivity index (χ0v) is 17.0. The van der Waals surface area contributed by atoms with Crippen molar-refractivity contribution in [1.29, 1.82) is 0 Å². The van der Waals surface area contributed by atoms with Crippen LogP contribution in [0.25, 0.3) is 0 Å². The number of anilines is 4. The fourth-order valence-electron chi connectivity index (χ4n) is 1.93. The molecule has 3 aromatic rings. The van der Waals surface area contributed by atoms with E-state index in [1.165, 1.54) is 0 Å². The van der Waals surface area contributed by atoms with Crippen LogP contribution in [0.5, 0.6) is 0 Å². The first-order valence-electron chi connectivity index (χ1n) is 6.89. The summed E-state index contributed by atoms with van der Waals surface area (Å²) in [6, 6.07) is 10.5. The van der Waals surface area contributed by atoms with Crippen molar-refractivity contribution in [2.24, 2.45) is 0 Å². The molecular weight excluding hydrogens is 498 g/mol. The SMILES string of the molecule is Fc1cnc(Nc2ccc(Br)c(Cl)c2)nc1Nc1ccc(Br)c(Cl)c1. The second kappa shape index (κ2) is 7.86. The Balaban J connectivity index is 1.84. The third kappa shape index (κ3) is 4.61. The molecule has 9 heteroatoms. The minimum atomic E-state index is -0.585. The van der Waals surface area contributed by atoms with Crippen LogP contribution < -0.4 is 10.6 Å². The molecule has 1 aromatic heterocycles. The van der Waals surface area contributed by atoms with Gasteiger partial charge in [-0.1, -0.05) is 23.2 Å². The third-order valence-corrected chi connectivity index (χ3v) is 5.57. The highest BCUT2D eigenvalue weighted by Gasteiger charge is 2.09. The van der Waals surface area contributed by atoms with Crippen molar-refractivity contribution in [3.05, 3.63) is 67.4 Å². The molecular formula is C16H9Br2Cl2FN4. The predicted octanol–water partition coefficient (Wildman–Crippen LogP) is 6.93. The second-order valence-corrected chi connectivity index (χ2v) is 7.42. The molecule has 0 aliphatic rings. The molecule has 2 aromatic carbocycles. The fourth-order valence-corrected chi connectivity index (χ4v) is 2.78. The van der Waals surface area contributed by atoms with Gasteiger partial charge in [0.1, 0.15) is 0 Å². The normalized spacial score (nSPS) is 10.6. The highest BCUT2D eigenvalue weighted by atomic mass is 79.9. The first-order chi connectivity index (χ1) is 11.9. The number of nitrogens with zero attached hydrogens (tertiary/aromatic N) is 2. The predicted molar refractivity (Wildman–Crippen MR) is 107 cm³/mol. The molecule has 0 spiro atoms. The molecule has 2 N–H and O–H groups in total. The molecule has 1 heterocycles. The Morgan fingerprint density at radius 2 is 1.44 bits per heavy atom. The summed E-state index contributed by atoms with van der Waals surface area (Å²) in [6.07, 6.45) is 1.08. The van der Waals surface area contributed by atoms with Crippen LogP contribution in [-0.2, 0) is 0 Å². The van der Waals surface area contributed by atoms with Crippen molar-refractivity contribution in [1.82, 2.24) is 9.97 Å². The Kier molecular flexibility index (Phi) is 5.78. The van der Waals surface area contributed by atoms with Crippen molar-refractivity contribution < 1.29 is 4.39 Å². The van der Waals surface area contributed by atoms with E-state index in [0.29, 0.717) is 21.4 Å².